The van der Waals surface area contributed by atoms with Gasteiger partial charge in [-0.1, -0.05) is 24.3 Å². The zero-order chi connectivity index (χ0) is 19.4. The van der Waals surface area contributed by atoms with Crippen LogP contribution in [0, 0.1) is 23.0 Å². The van der Waals surface area contributed by atoms with Gasteiger partial charge in [0.15, 0.2) is 0 Å². The number of rotatable bonds is 6. The van der Waals surface area contributed by atoms with Crippen LogP contribution in [0.4, 0.5) is 17.5 Å². The maximum absolute atomic E-state index is 11.5. The Balaban J connectivity index is 1.80. The van der Waals surface area contributed by atoms with Gasteiger partial charge in [-0.25, -0.2) is 4.98 Å². The lowest BCUT2D eigenvalue weighted by atomic mass is 9.83. The van der Waals surface area contributed by atoms with Crippen molar-refractivity contribution in [2.75, 3.05) is 11.1 Å². The molecule has 0 atom stereocenters. The minimum Gasteiger partial charge on any atom is -0.378 e. The van der Waals surface area contributed by atoms with Gasteiger partial charge in [-0.05, 0) is 56.1 Å². The fourth-order valence-corrected chi connectivity index (χ4v) is 3.59. The highest BCUT2D eigenvalue weighted by Crippen LogP contribution is 2.31. The largest absolute Gasteiger partial charge is 0.378 e. The Bertz CT molecular complexity index is 818. The number of aromatic nitrogens is 2. The van der Waals surface area contributed by atoms with E-state index in [1.807, 2.05) is 31.2 Å². The van der Waals surface area contributed by atoms with Gasteiger partial charge in [-0.3, -0.25) is 10.1 Å². The second-order valence-corrected chi connectivity index (χ2v) is 7.25. The lowest BCUT2D eigenvalue weighted by Gasteiger charge is -2.25. The number of hydrogen-bond acceptors (Lipinski definition) is 7. The third-order valence-electron chi connectivity index (χ3n) is 5.24. The van der Waals surface area contributed by atoms with Crippen molar-refractivity contribution in [1.82, 2.24) is 9.97 Å². The first-order valence-corrected chi connectivity index (χ1v) is 9.28. The third-order valence-corrected chi connectivity index (χ3v) is 5.24. The molecule has 1 saturated carbocycles. The van der Waals surface area contributed by atoms with E-state index in [9.17, 15) is 10.1 Å². The SMILES string of the molecule is Cc1ccccc1CNc1nc(N)c([N+](=O)[O-])c(CC2CCC(N)CC2)n1. The maximum Gasteiger partial charge on any atom is 0.332 e. The third kappa shape index (κ3) is 4.71. The molecule has 0 amide bonds. The molecule has 0 aliphatic heterocycles. The molecule has 0 saturated heterocycles. The number of nitrogen functional groups attached to an aromatic ring is 1. The van der Waals surface area contributed by atoms with Crippen LogP contribution in [0.1, 0.15) is 42.5 Å². The molecule has 8 heteroatoms. The van der Waals surface area contributed by atoms with Crippen molar-refractivity contribution < 1.29 is 4.92 Å². The van der Waals surface area contributed by atoms with Gasteiger partial charge in [0.1, 0.15) is 5.69 Å². The lowest BCUT2D eigenvalue weighted by molar-refractivity contribution is -0.385. The van der Waals surface area contributed by atoms with Crippen molar-refractivity contribution in [1.29, 1.82) is 0 Å². The van der Waals surface area contributed by atoms with Crippen LogP contribution in [0.5, 0.6) is 0 Å². The fourth-order valence-electron chi connectivity index (χ4n) is 3.59. The first-order valence-electron chi connectivity index (χ1n) is 9.28. The van der Waals surface area contributed by atoms with Gasteiger partial charge in [0.25, 0.3) is 0 Å². The molecule has 0 bridgehead atoms. The van der Waals surface area contributed by atoms with Gasteiger partial charge in [0, 0.05) is 12.6 Å². The molecule has 0 radical (unpaired) electrons. The van der Waals surface area contributed by atoms with Crippen LogP contribution < -0.4 is 16.8 Å². The predicted molar refractivity (Wildman–Crippen MR) is 105 cm³/mol. The Morgan fingerprint density at radius 2 is 1.93 bits per heavy atom. The van der Waals surface area contributed by atoms with Crippen molar-refractivity contribution in [3.05, 3.63) is 51.2 Å². The molecule has 1 aromatic carbocycles. The van der Waals surface area contributed by atoms with E-state index < -0.39 is 4.92 Å². The number of nitrogens with zero attached hydrogens (tertiary/aromatic N) is 3. The van der Waals surface area contributed by atoms with E-state index in [0.717, 1.165) is 36.8 Å². The van der Waals surface area contributed by atoms with Gasteiger partial charge in [0.05, 0.1) is 4.92 Å². The van der Waals surface area contributed by atoms with Crippen LogP contribution in [0.15, 0.2) is 24.3 Å². The molecular weight excluding hydrogens is 344 g/mol. The lowest BCUT2D eigenvalue weighted by Crippen LogP contribution is -2.27. The zero-order valence-corrected chi connectivity index (χ0v) is 15.5. The minimum absolute atomic E-state index is 0.0928. The molecule has 2 aromatic rings. The van der Waals surface area contributed by atoms with Crippen molar-refractivity contribution in [3.8, 4) is 0 Å². The average molecular weight is 370 g/mol. The summed E-state index contributed by atoms with van der Waals surface area (Å²) < 4.78 is 0. The molecule has 0 unspecified atom stereocenters. The Morgan fingerprint density at radius 3 is 2.59 bits per heavy atom. The zero-order valence-electron chi connectivity index (χ0n) is 15.5. The quantitative estimate of drug-likeness (QED) is 0.526. The van der Waals surface area contributed by atoms with E-state index in [0.29, 0.717) is 30.5 Å². The second-order valence-electron chi connectivity index (χ2n) is 7.25. The number of nitrogens with two attached hydrogens (primary N) is 2. The molecule has 8 nitrogen and oxygen atoms in total. The van der Waals surface area contributed by atoms with Crippen LogP contribution in [-0.2, 0) is 13.0 Å². The normalized spacial score (nSPS) is 19.6. The maximum atomic E-state index is 11.5. The van der Waals surface area contributed by atoms with E-state index in [4.69, 9.17) is 11.5 Å². The highest BCUT2D eigenvalue weighted by molar-refractivity contribution is 5.58. The highest BCUT2D eigenvalue weighted by Gasteiger charge is 2.27. The Hall–Kier alpha value is -2.74. The standard InChI is InChI=1S/C19H26N6O2/c1-12-4-2-3-5-14(12)11-22-19-23-16(17(25(26)27)18(21)24-19)10-13-6-8-15(20)9-7-13/h2-5,13,15H,6-11,20H2,1H3,(H3,21,22,23,24). The summed E-state index contributed by atoms with van der Waals surface area (Å²) in [5.74, 6) is 0.565. The molecule has 144 valence electrons. The first kappa shape index (κ1) is 19.0. The smallest absolute Gasteiger partial charge is 0.332 e. The van der Waals surface area contributed by atoms with Crippen LogP contribution in [0.25, 0.3) is 0 Å². The van der Waals surface area contributed by atoms with Crippen LogP contribution >= 0.6 is 0 Å². The topological polar surface area (TPSA) is 133 Å². The summed E-state index contributed by atoms with van der Waals surface area (Å²) in [4.78, 5) is 19.5. The number of nitro groups is 1. The molecule has 1 aliphatic rings. The Kier molecular flexibility index (Phi) is 5.85. The number of aryl methyl sites for hydroxylation is 1. The summed E-state index contributed by atoms with van der Waals surface area (Å²) in [5, 5.41) is 14.6. The first-order chi connectivity index (χ1) is 12.9. The molecule has 1 aliphatic carbocycles. The number of hydrogen-bond donors (Lipinski definition) is 3. The predicted octanol–water partition coefficient (Wildman–Crippen LogP) is 2.95. The number of nitrogens with one attached hydrogen (secondary N) is 1. The monoisotopic (exact) mass is 370 g/mol. The minimum atomic E-state index is -0.482. The van der Waals surface area contributed by atoms with Crippen molar-refractivity contribution in [2.24, 2.45) is 11.7 Å². The van der Waals surface area contributed by atoms with Gasteiger partial charge < -0.3 is 16.8 Å². The Morgan fingerprint density at radius 1 is 1.22 bits per heavy atom. The summed E-state index contributed by atoms with van der Waals surface area (Å²) in [6, 6.07) is 8.23. The molecule has 1 heterocycles. The molecule has 5 N–H and O–H groups in total. The number of benzene rings is 1. The van der Waals surface area contributed by atoms with E-state index in [1.54, 1.807) is 0 Å². The average Bonchev–Trinajstić information content (AvgIpc) is 2.62. The van der Waals surface area contributed by atoms with E-state index >= 15 is 0 Å². The molecule has 0 spiro atoms. The van der Waals surface area contributed by atoms with Gasteiger partial charge in [0.2, 0.25) is 11.8 Å². The van der Waals surface area contributed by atoms with Crippen molar-refractivity contribution in [2.45, 2.75) is 51.6 Å². The molecule has 27 heavy (non-hydrogen) atoms. The van der Waals surface area contributed by atoms with Gasteiger partial charge >= 0.3 is 5.69 Å². The second kappa shape index (κ2) is 8.30. The summed E-state index contributed by atoms with van der Waals surface area (Å²) >= 11 is 0. The molecule has 1 fully saturated rings. The van der Waals surface area contributed by atoms with Crippen LogP contribution in [0.3, 0.4) is 0 Å². The summed E-state index contributed by atoms with van der Waals surface area (Å²) in [5.41, 5.74) is 14.3. The van der Waals surface area contributed by atoms with E-state index in [2.05, 4.69) is 15.3 Å². The van der Waals surface area contributed by atoms with Crippen LogP contribution in [0.2, 0.25) is 0 Å². The van der Waals surface area contributed by atoms with Gasteiger partial charge in [-0.2, -0.15) is 4.98 Å². The van der Waals surface area contributed by atoms with Gasteiger partial charge in [-0.15, -0.1) is 0 Å². The Labute approximate surface area is 158 Å². The fraction of sp³-hybridized carbons (Fsp3) is 0.474. The molecule has 3 rings (SSSR count). The summed E-state index contributed by atoms with van der Waals surface area (Å²) in [7, 11) is 0. The highest BCUT2D eigenvalue weighted by atomic mass is 16.6. The molecule has 1 aromatic heterocycles. The number of anilines is 2. The van der Waals surface area contributed by atoms with Crippen molar-refractivity contribution in [3.63, 3.8) is 0 Å². The van der Waals surface area contributed by atoms with E-state index in [-0.39, 0.29) is 17.5 Å². The summed E-state index contributed by atoms with van der Waals surface area (Å²) in [6.07, 6.45) is 4.31. The molecular formula is C19H26N6O2. The van der Waals surface area contributed by atoms with Crippen molar-refractivity contribution >= 4 is 17.5 Å². The van der Waals surface area contributed by atoms with Crippen LogP contribution in [-0.4, -0.2) is 20.9 Å². The van der Waals surface area contributed by atoms with E-state index in [1.165, 1.54) is 0 Å². The summed E-state index contributed by atoms with van der Waals surface area (Å²) in [6.45, 7) is 2.56.